The minimum Gasteiger partial charge on any atom is -0.543 e. The number of phenolic OH excluding ortho intramolecular Hbond substituents is 1. The highest BCUT2D eigenvalue weighted by molar-refractivity contribution is 8.00. The van der Waals surface area contributed by atoms with Gasteiger partial charge in [-0.15, -0.1) is 22.0 Å². The van der Waals surface area contributed by atoms with Gasteiger partial charge in [0.1, 0.15) is 17.7 Å². The molecule has 0 bridgehead atoms. The molecule has 3 aromatic rings. The largest absolute Gasteiger partial charge is 0.543 e. The van der Waals surface area contributed by atoms with E-state index in [0.29, 0.717) is 23.7 Å². The number of amides is 4. The molecular weight excluding hydrogens is 680 g/mol. The summed E-state index contributed by atoms with van der Waals surface area (Å²) in [5.41, 5.74) is 1.39. The number of likely N-dealkylation sites (tertiary alicyclic amines) is 1. The number of nitrogens with one attached hydrogen (secondary N) is 2. The molecule has 2 saturated heterocycles. The molecule has 1 aromatic carbocycles. The van der Waals surface area contributed by atoms with E-state index in [1.807, 2.05) is 0 Å². The number of pyridine rings is 1. The normalized spacial score (nSPS) is 19.6. The Hall–Kier alpha value is -5.23. The van der Waals surface area contributed by atoms with Gasteiger partial charge >= 0.3 is 0 Å². The topological polar surface area (TPSA) is 194 Å². The van der Waals surface area contributed by atoms with Crippen LogP contribution in [-0.4, -0.2) is 88.7 Å². The van der Waals surface area contributed by atoms with Gasteiger partial charge < -0.3 is 35.1 Å². The molecule has 0 aliphatic carbocycles. The van der Waals surface area contributed by atoms with Crippen LogP contribution in [0.1, 0.15) is 12.0 Å². The van der Waals surface area contributed by atoms with Crippen LogP contribution < -0.4 is 20.3 Å². The summed E-state index contributed by atoms with van der Waals surface area (Å²) >= 11 is 2.44. The maximum Gasteiger partial charge on any atom is 0.290 e. The third-order valence-corrected chi connectivity index (χ3v) is 10.3. The van der Waals surface area contributed by atoms with Gasteiger partial charge in [-0.2, -0.15) is 4.57 Å². The Balaban J connectivity index is 1.04. The standard InChI is InChI=1S/C31H29FN8O7S2/c1-37-16-33-36-31(37)49-15-24(43)35-25-28(45)40-26(30(46)47)19(14-48-29(25)40)10-18-6-9-39(27(18)44)12-17-4-7-38(8-5-17)13-23(42)34-20-2-3-22(41)21(32)11-20/h2-5,7-8,10-11,16,25,29H,6,9,12-15H2,1H3,(H3-,34,35,41,42,43,46,47)/t25-,29-/m1/s1. The lowest BCUT2D eigenvalue weighted by atomic mass is 10.0. The predicted octanol–water partition coefficient (Wildman–Crippen LogP) is -0.559. The number of aromatic hydroxyl groups is 1. The number of thioether (sulfide) groups is 2. The number of aliphatic carboxylic acids is 1. The van der Waals surface area contributed by atoms with Crippen molar-refractivity contribution < 1.29 is 43.1 Å². The Bertz CT molecular complexity index is 1920. The molecule has 0 unspecified atom stereocenters. The summed E-state index contributed by atoms with van der Waals surface area (Å²) in [4.78, 5) is 66.1. The van der Waals surface area contributed by atoms with Gasteiger partial charge in [-0.05, 0) is 35.8 Å². The van der Waals surface area contributed by atoms with Gasteiger partial charge in [0.25, 0.3) is 11.8 Å². The number of benzene rings is 1. The van der Waals surface area contributed by atoms with Crippen molar-refractivity contribution in [1.82, 2.24) is 29.9 Å². The first-order valence-corrected chi connectivity index (χ1v) is 16.9. The summed E-state index contributed by atoms with van der Waals surface area (Å²) in [5, 5.41) is 34.3. The van der Waals surface area contributed by atoms with Crippen molar-refractivity contribution >= 4 is 58.8 Å². The molecule has 3 N–H and O–H groups in total. The molecule has 4 amide bonds. The smallest absolute Gasteiger partial charge is 0.290 e. The summed E-state index contributed by atoms with van der Waals surface area (Å²) in [5.74, 6) is -4.36. The van der Waals surface area contributed by atoms with Gasteiger partial charge in [0.2, 0.25) is 18.4 Å². The maximum absolute atomic E-state index is 13.5. The lowest BCUT2D eigenvalue weighted by molar-refractivity contribution is -0.684. The number of rotatable bonds is 11. The molecule has 3 aliphatic heterocycles. The van der Waals surface area contributed by atoms with Gasteiger partial charge in [0.15, 0.2) is 29.1 Å². The molecule has 49 heavy (non-hydrogen) atoms. The number of carbonyl (C=O) groups excluding carboxylic acids is 5. The number of phenols is 1. The summed E-state index contributed by atoms with van der Waals surface area (Å²) in [7, 11) is 1.74. The monoisotopic (exact) mass is 708 g/mol. The zero-order chi connectivity index (χ0) is 34.8. The second-order valence-corrected chi connectivity index (χ2v) is 13.4. The van der Waals surface area contributed by atoms with Crippen LogP contribution in [-0.2, 0) is 44.1 Å². The number of carboxylic acid groups (broad SMARTS) is 1. The van der Waals surface area contributed by atoms with E-state index in [1.54, 1.807) is 45.6 Å². The van der Waals surface area contributed by atoms with E-state index in [2.05, 4.69) is 20.8 Å². The highest BCUT2D eigenvalue weighted by atomic mass is 32.2. The third-order valence-electron chi connectivity index (χ3n) is 7.96. The van der Waals surface area contributed by atoms with Gasteiger partial charge in [-0.1, -0.05) is 11.8 Å². The van der Waals surface area contributed by atoms with Crippen molar-refractivity contribution in [2.45, 2.75) is 36.1 Å². The minimum absolute atomic E-state index is 0.00167. The molecule has 254 valence electrons. The summed E-state index contributed by atoms with van der Waals surface area (Å²) in [6.07, 6.45) is 6.74. The number of aromatic nitrogens is 4. The average Bonchev–Trinajstić information content (AvgIpc) is 3.64. The van der Waals surface area contributed by atoms with Crippen molar-refractivity contribution in [1.29, 1.82) is 0 Å². The number of β-lactam (4-membered cyclic amide) rings is 1. The summed E-state index contributed by atoms with van der Waals surface area (Å²) in [6, 6.07) is 6.17. The SMILES string of the molecule is Cn1cnnc1SCC(=O)N[C@@H]1C(=O)N2C(C(=O)[O-])=C(C=C3CCN(Cc4cc[n+](CC(=O)Nc5ccc(O)c(F)c5)cc4)C3=O)CS[C@H]12. The first kappa shape index (κ1) is 33.7. The molecule has 3 aliphatic rings. The number of hydrogen-bond acceptors (Lipinski definition) is 11. The highest BCUT2D eigenvalue weighted by Crippen LogP contribution is 2.41. The lowest BCUT2D eigenvalue weighted by Crippen LogP contribution is -2.71. The molecule has 15 nitrogen and oxygen atoms in total. The van der Waals surface area contributed by atoms with Crippen molar-refractivity contribution in [2.75, 3.05) is 23.4 Å². The first-order valence-electron chi connectivity index (χ1n) is 14.9. The van der Waals surface area contributed by atoms with E-state index >= 15 is 0 Å². The van der Waals surface area contributed by atoms with Crippen molar-refractivity contribution in [3.63, 3.8) is 0 Å². The summed E-state index contributed by atoms with van der Waals surface area (Å²) in [6.45, 7) is 0.626. The predicted molar refractivity (Wildman–Crippen MR) is 170 cm³/mol. The molecule has 2 atom stereocenters. The van der Waals surface area contributed by atoms with Gasteiger partial charge in [-0.25, -0.2) is 4.39 Å². The van der Waals surface area contributed by atoms with Crippen molar-refractivity contribution in [2.24, 2.45) is 7.05 Å². The first-order chi connectivity index (χ1) is 23.5. The summed E-state index contributed by atoms with van der Waals surface area (Å²) < 4.78 is 16.8. The molecular formula is C31H29FN8O7S2. The van der Waals surface area contributed by atoms with Crippen LogP contribution in [0.5, 0.6) is 5.75 Å². The zero-order valence-electron chi connectivity index (χ0n) is 25.9. The fraction of sp³-hybridized carbons (Fsp3) is 0.290. The second kappa shape index (κ2) is 14.1. The van der Waals surface area contributed by atoms with E-state index in [0.717, 1.165) is 34.4 Å². The van der Waals surface area contributed by atoms with E-state index in [1.165, 1.54) is 30.2 Å². The molecule has 5 heterocycles. The number of nitrogens with zero attached hydrogens (tertiary/aromatic N) is 6. The number of halogens is 1. The van der Waals surface area contributed by atoms with Crippen LogP contribution in [0.2, 0.25) is 0 Å². The third kappa shape index (κ3) is 7.29. The maximum atomic E-state index is 13.5. The number of hydrogen-bond donors (Lipinski definition) is 3. The Morgan fingerprint density at radius 3 is 2.67 bits per heavy atom. The minimum atomic E-state index is -1.54. The second-order valence-electron chi connectivity index (χ2n) is 11.4. The molecule has 2 fully saturated rings. The lowest BCUT2D eigenvalue weighted by Gasteiger charge is -2.50. The molecule has 0 saturated carbocycles. The van der Waals surface area contributed by atoms with E-state index in [4.69, 9.17) is 0 Å². The Morgan fingerprint density at radius 2 is 1.98 bits per heavy atom. The number of fused-ring (bicyclic) bond motifs is 1. The average molecular weight is 709 g/mol. The Morgan fingerprint density at radius 1 is 1.20 bits per heavy atom. The Kier molecular flexibility index (Phi) is 9.68. The number of carboxylic acids is 1. The number of carbonyl (C=O) groups is 5. The van der Waals surface area contributed by atoms with Crippen LogP contribution in [0, 0.1) is 5.82 Å². The van der Waals surface area contributed by atoms with Crippen LogP contribution in [0.4, 0.5) is 10.1 Å². The van der Waals surface area contributed by atoms with E-state index in [-0.39, 0.29) is 47.5 Å². The number of allylic oxidation sites excluding steroid dienone is 1. The molecule has 0 spiro atoms. The molecule has 0 radical (unpaired) electrons. The zero-order valence-corrected chi connectivity index (χ0v) is 27.5. The van der Waals surface area contributed by atoms with Crippen LogP contribution in [0.25, 0.3) is 0 Å². The van der Waals surface area contributed by atoms with Crippen LogP contribution >= 0.6 is 23.5 Å². The van der Waals surface area contributed by atoms with Crippen LogP contribution in [0.15, 0.2) is 77.1 Å². The number of aryl methyl sites for hydroxylation is 1. The van der Waals surface area contributed by atoms with Crippen LogP contribution in [0.3, 0.4) is 0 Å². The van der Waals surface area contributed by atoms with Gasteiger partial charge in [0, 0.05) is 55.3 Å². The van der Waals surface area contributed by atoms with E-state index in [9.17, 15) is 38.6 Å². The molecule has 6 rings (SSSR count). The van der Waals surface area contributed by atoms with Crippen molar-refractivity contribution in [3.8, 4) is 5.75 Å². The Labute approximate surface area is 286 Å². The van der Waals surface area contributed by atoms with Crippen molar-refractivity contribution in [3.05, 3.63) is 83.4 Å². The fourth-order valence-corrected chi connectivity index (χ4v) is 7.53. The molecule has 2 aromatic heterocycles. The highest BCUT2D eigenvalue weighted by Gasteiger charge is 2.52. The quantitative estimate of drug-likeness (QED) is 0.0761. The molecule has 18 heteroatoms. The van der Waals surface area contributed by atoms with Gasteiger partial charge in [0.05, 0.1) is 17.4 Å². The fourth-order valence-electron chi connectivity index (χ4n) is 5.52. The van der Waals surface area contributed by atoms with Gasteiger partial charge in [-0.3, -0.25) is 24.1 Å². The van der Waals surface area contributed by atoms with E-state index < -0.39 is 46.7 Å². The number of anilines is 1.